The number of rotatable bonds is 5. The molecule has 1 atom stereocenters. The second-order valence-electron chi connectivity index (χ2n) is 6.13. The molecule has 7 heteroatoms. The van der Waals surface area contributed by atoms with Gasteiger partial charge in [0.25, 0.3) is 5.91 Å². The Balaban J connectivity index is 1.64. The smallest absolute Gasteiger partial charge is 0.274 e. The molecule has 2 aromatic heterocycles. The van der Waals surface area contributed by atoms with E-state index in [0.29, 0.717) is 18.8 Å². The molecule has 1 N–H and O–H groups in total. The lowest BCUT2D eigenvalue weighted by Gasteiger charge is -2.20. The molecule has 1 fully saturated rings. The molecule has 0 aromatic carbocycles. The molecule has 0 radical (unpaired) electrons. The fourth-order valence-corrected chi connectivity index (χ4v) is 2.81. The van der Waals surface area contributed by atoms with Crippen molar-refractivity contribution in [1.82, 2.24) is 20.1 Å². The average Bonchev–Trinajstić information content (AvgIpc) is 3.23. The van der Waals surface area contributed by atoms with Crippen molar-refractivity contribution in [2.45, 2.75) is 25.9 Å². The number of aryl methyl sites for hydroxylation is 1. The van der Waals surface area contributed by atoms with Crippen LogP contribution in [0, 0.1) is 0 Å². The standard InChI is InChI=1S/C17H23N5O2/c1-4-12-10-14(20-19-12)17(23)22-9-7-13(11-22)24-15-6-5-8-18-16(15)21(2)3/h5-6,8,10,13H,4,7,9,11H2,1-3H3,(H,19,20)/t13-/m0/s1. The van der Waals surface area contributed by atoms with Crippen LogP contribution in [-0.4, -0.2) is 59.3 Å². The highest BCUT2D eigenvalue weighted by atomic mass is 16.5. The largest absolute Gasteiger partial charge is 0.485 e. The van der Waals surface area contributed by atoms with Crippen LogP contribution in [0.3, 0.4) is 0 Å². The molecule has 1 amide bonds. The minimum atomic E-state index is -0.0453. The summed E-state index contributed by atoms with van der Waals surface area (Å²) in [6.07, 6.45) is 3.36. The number of pyridine rings is 1. The van der Waals surface area contributed by atoms with E-state index in [2.05, 4.69) is 15.2 Å². The van der Waals surface area contributed by atoms with Gasteiger partial charge in [0, 0.05) is 39.0 Å². The lowest BCUT2D eigenvalue weighted by molar-refractivity contribution is 0.0766. The number of nitrogens with zero attached hydrogens (tertiary/aromatic N) is 4. The molecule has 3 heterocycles. The van der Waals surface area contributed by atoms with Crippen LogP contribution in [0.25, 0.3) is 0 Å². The van der Waals surface area contributed by atoms with E-state index in [9.17, 15) is 4.79 Å². The van der Waals surface area contributed by atoms with Crippen LogP contribution in [0.4, 0.5) is 5.82 Å². The Bertz CT molecular complexity index is 713. The van der Waals surface area contributed by atoms with Gasteiger partial charge in [-0.25, -0.2) is 4.98 Å². The molecule has 1 aliphatic heterocycles. The topological polar surface area (TPSA) is 74.4 Å². The summed E-state index contributed by atoms with van der Waals surface area (Å²) in [5.74, 6) is 1.49. The summed E-state index contributed by atoms with van der Waals surface area (Å²) in [5, 5.41) is 6.99. The molecule has 0 unspecified atom stereocenters. The first-order chi connectivity index (χ1) is 11.6. The predicted octanol–water partition coefficient (Wildman–Crippen LogP) is 1.73. The van der Waals surface area contributed by atoms with Crippen LogP contribution in [0.2, 0.25) is 0 Å². The Morgan fingerprint density at radius 1 is 1.50 bits per heavy atom. The first-order valence-corrected chi connectivity index (χ1v) is 8.21. The van der Waals surface area contributed by atoms with Gasteiger partial charge in [-0.3, -0.25) is 9.89 Å². The predicted molar refractivity (Wildman–Crippen MR) is 91.5 cm³/mol. The van der Waals surface area contributed by atoms with Gasteiger partial charge in [0.05, 0.1) is 6.54 Å². The summed E-state index contributed by atoms with van der Waals surface area (Å²) in [5.41, 5.74) is 1.44. The second kappa shape index (κ2) is 6.90. The van der Waals surface area contributed by atoms with Crippen molar-refractivity contribution in [2.24, 2.45) is 0 Å². The molecule has 2 aromatic rings. The molecule has 0 spiro atoms. The van der Waals surface area contributed by atoms with Gasteiger partial charge in [0.15, 0.2) is 11.6 Å². The highest BCUT2D eigenvalue weighted by molar-refractivity contribution is 5.92. The molecule has 1 saturated heterocycles. The van der Waals surface area contributed by atoms with E-state index in [4.69, 9.17) is 4.74 Å². The summed E-state index contributed by atoms with van der Waals surface area (Å²) in [6.45, 7) is 3.27. The van der Waals surface area contributed by atoms with Crippen LogP contribution < -0.4 is 9.64 Å². The first-order valence-electron chi connectivity index (χ1n) is 8.21. The molecule has 0 bridgehead atoms. The summed E-state index contributed by atoms with van der Waals surface area (Å²) < 4.78 is 6.08. The molecule has 0 aliphatic carbocycles. The van der Waals surface area contributed by atoms with Crippen molar-refractivity contribution in [2.75, 3.05) is 32.1 Å². The van der Waals surface area contributed by atoms with Crippen LogP contribution >= 0.6 is 0 Å². The zero-order chi connectivity index (χ0) is 17.1. The molecule has 128 valence electrons. The number of aromatic amines is 1. The molecule has 1 aliphatic rings. The van der Waals surface area contributed by atoms with E-state index in [1.54, 1.807) is 11.1 Å². The lowest BCUT2D eigenvalue weighted by atomic mass is 10.3. The van der Waals surface area contributed by atoms with Gasteiger partial charge in [0.1, 0.15) is 11.8 Å². The van der Waals surface area contributed by atoms with Crippen LogP contribution in [0.1, 0.15) is 29.5 Å². The van der Waals surface area contributed by atoms with E-state index in [0.717, 1.165) is 30.1 Å². The fourth-order valence-electron chi connectivity index (χ4n) is 2.81. The van der Waals surface area contributed by atoms with Crippen molar-refractivity contribution >= 4 is 11.7 Å². The Kier molecular flexibility index (Phi) is 4.69. The second-order valence-corrected chi connectivity index (χ2v) is 6.13. The Morgan fingerprint density at radius 3 is 3.04 bits per heavy atom. The Labute approximate surface area is 141 Å². The number of likely N-dealkylation sites (tertiary alicyclic amines) is 1. The van der Waals surface area contributed by atoms with E-state index in [1.165, 1.54) is 0 Å². The van der Waals surface area contributed by atoms with Gasteiger partial charge in [0.2, 0.25) is 0 Å². The number of carbonyl (C=O) groups is 1. The summed E-state index contributed by atoms with van der Waals surface area (Å²) >= 11 is 0. The molecule has 24 heavy (non-hydrogen) atoms. The van der Waals surface area contributed by atoms with Crippen LogP contribution in [-0.2, 0) is 6.42 Å². The minimum Gasteiger partial charge on any atom is -0.485 e. The molecule has 7 nitrogen and oxygen atoms in total. The third-order valence-corrected chi connectivity index (χ3v) is 4.13. The normalized spacial score (nSPS) is 17.1. The number of amides is 1. The SMILES string of the molecule is CCc1cc(C(=O)N2CC[C@H](Oc3cccnc3N(C)C)C2)n[nH]1. The van der Waals surface area contributed by atoms with E-state index < -0.39 is 0 Å². The van der Waals surface area contributed by atoms with Gasteiger partial charge < -0.3 is 14.5 Å². The average molecular weight is 329 g/mol. The minimum absolute atomic E-state index is 0.0264. The first kappa shape index (κ1) is 16.3. The fraction of sp³-hybridized carbons (Fsp3) is 0.471. The number of ether oxygens (including phenoxy) is 1. The summed E-state index contributed by atoms with van der Waals surface area (Å²) in [7, 11) is 3.87. The summed E-state index contributed by atoms with van der Waals surface area (Å²) in [4.78, 5) is 20.6. The zero-order valence-corrected chi connectivity index (χ0v) is 14.3. The lowest BCUT2D eigenvalue weighted by Crippen LogP contribution is -2.31. The maximum atomic E-state index is 12.5. The van der Waals surface area contributed by atoms with Gasteiger partial charge in [-0.1, -0.05) is 6.92 Å². The third kappa shape index (κ3) is 3.34. The molecule has 3 rings (SSSR count). The van der Waals surface area contributed by atoms with E-state index in [1.807, 2.05) is 44.1 Å². The Morgan fingerprint density at radius 2 is 2.33 bits per heavy atom. The quantitative estimate of drug-likeness (QED) is 0.904. The number of nitrogens with one attached hydrogen (secondary N) is 1. The maximum Gasteiger partial charge on any atom is 0.274 e. The van der Waals surface area contributed by atoms with E-state index in [-0.39, 0.29) is 12.0 Å². The molecular weight excluding hydrogens is 306 g/mol. The number of anilines is 1. The number of H-pyrrole nitrogens is 1. The number of aromatic nitrogens is 3. The van der Waals surface area contributed by atoms with Crippen molar-refractivity contribution in [3.05, 3.63) is 35.8 Å². The highest BCUT2D eigenvalue weighted by Crippen LogP contribution is 2.27. The number of hydrogen-bond donors (Lipinski definition) is 1. The van der Waals surface area contributed by atoms with Gasteiger partial charge in [-0.05, 0) is 24.6 Å². The van der Waals surface area contributed by atoms with Crippen molar-refractivity contribution in [3.8, 4) is 5.75 Å². The third-order valence-electron chi connectivity index (χ3n) is 4.13. The van der Waals surface area contributed by atoms with Crippen LogP contribution in [0.15, 0.2) is 24.4 Å². The monoisotopic (exact) mass is 329 g/mol. The zero-order valence-electron chi connectivity index (χ0n) is 14.3. The summed E-state index contributed by atoms with van der Waals surface area (Å²) in [6, 6.07) is 5.59. The van der Waals surface area contributed by atoms with Gasteiger partial charge in [-0.2, -0.15) is 5.10 Å². The van der Waals surface area contributed by atoms with Crippen molar-refractivity contribution < 1.29 is 9.53 Å². The van der Waals surface area contributed by atoms with Gasteiger partial charge >= 0.3 is 0 Å². The number of hydrogen-bond acceptors (Lipinski definition) is 5. The highest BCUT2D eigenvalue weighted by Gasteiger charge is 2.30. The molecular formula is C17H23N5O2. The Hall–Kier alpha value is -2.57. The van der Waals surface area contributed by atoms with Crippen molar-refractivity contribution in [3.63, 3.8) is 0 Å². The van der Waals surface area contributed by atoms with Gasteiger partial charge in [-0.15, -0.1) is 0 Å². The number of carbonyl (C=O) groups excluding carboxylic acids is 1. The van der Waals surface area contributed by atoms with Crippen LogP contribution in [0.5, 0.6) is 5.75 Å². The maximum absolute atomic E-state index is 12.5. The molecule has 0 saturated carbocycles. The van der Waals surface area contributed by atoms with Crippen molar-refractivity contribution in [1.29, 1.82) is 0 Å². The van der Waals surface area contributed by atoms with E-state index >= 15 is 0 Å².